The number of amides is 1. The molecule has 4 rings (SSSR count). The maximum absolute atomic E-state index is 14.1. The number of terminal acetylenes is 1. The highest BCUT2D eigenvalue weighted by Gasteiger charge is 2.65. The molecule has 3 aliphatic rings. The van der Waals surface area contributed by atoms with Crippen LogP contribution in [0.2, 0.25) is 0 Å². The van der Waals surface area contributed by atoms with E-state index in [0.717, 1.165) is 0 Å². The Bertz CT molecular complexity index is 1120. The average molecular weight is 420 g/mol. The van der Waals surface area contributed by atoms with Crippen LogP contribution in [0.25, 0.3) is 0 Å². The van der Waals surface area contributed by atoms with Gasteiger partial charge in [-0.2, -0.15) is 0 Å². The van der Waals surface area contributed by atoms with E-state index in [4.69, 9.17) is 21.6 Å². The summed E-state index contributed by atoms with van der Waals surface area (Å²) in [5.41, 5.74) is 5.09. The Kier molecular flexibility index (Phi) is 4.69. The van der Waals surface area contributed by atoms with Crippen LogP contribution >= 0.6 is 0 Å². The first kappa shape index (κ1) is 20.7. The van der Waals surface area contributed by atoms with E-state index in [9.17, 15) is 14.4 Å². The van der Waals surface area contributed by atoms with Crippen molar-refractivity contribution in [3.05, 3.63) is 52.6 Å². The number of ether oxygens (including phenoxy) is 2. The van der Waals surface area contributed by atoms with E-state index in [0.29, 0.717) is 23.4 Å². The Labute approximate surface area is 180 Å². The molecule has 0 saturated carbocycles. The second kappa shape index (κ2) is 7.02. The third-order valence-corrected chi connectivity index (χ3v) is 5.98. The van der Waals surface area contributed by atoms with Gasteiger partial charge in [0.1, 0.15) is 16.7 Å². The zero-order valence-electron chi connectivity index (χ0n) is 17.8. The fourth-order valence-electron chi connectivity index (χ4n) is 4.93. The van der Waals surface area contributed by atoms with Gasteiger partial charge in [-0.3, -0.25) is 9.59 Å². The van der Waals surface area contributed by atoms with Crippen LogP contribution in [-0.4, -0.2) is 35.7 Å². The SMILES string of the molecule is C#CCN1C(=O)C2(C(C(=O)OCC)=C(N)Oc3ccccc32)C2=C1CC(C)(C)CC2=O. The Balaban J connectivity index is 2.11. The molecule has 0 fully saturated rings. The van der Waals surface area contributed by atoms with Crippen molar-refractivity contribution in [3.8, 4) is 18.1 Å². The zero-order valence-corrected chi connectivity index (χ0v) is 17.8. The van der Waals surface area contributed by atoms with Gasteiger partial charge in [0, 0.05) is 23.3 Å². The van der Waals surface area contributed by atoms with E-state index in [1.807, 2.05) is 13.8 Å². The molecule has 31 heavy (non-hydrogen) atoms. The Morgan fingerprint density at radius 3 is 2.68 bits per heavy atom. The number of allylic oxidation sites excluding steroid dienone is 1. The van der Waals surface area contributed by atoms with Crippen molar-refractivity contribution in [2.24, 2.45) is 11.1 Å². The summed E-state index contributed by atoms with van der Waals surface area (Å²) in [7, 11) is 0. The highest BCUT2D eigenvalue weighted by Crippen LogP contribution is 2.57. The number of Topliss-reactive ketones (excluding diaryl/α,β-unsaturated/α-hetero) is 1. The standard InChI is InChI=1S/C24H24N2O5/c1-5-11-26-15-12-23(3,4)13-16(27)18(15)24(22(26)29)14-9-7-8-10-17(14)31-20(25)19(24)21(28)30-6-2/h1,7-10H,6,11-13,25H2,2-4H3. The van der Waals surface area contributed by atoms with Crippen molar-refractivity contribution in [2.75, 3.05) is 13.2 Å². The lowest BCUT2D eigenvalue weighted by Gasteiger charge is -2.38. The van der Waals surface area contributed by atoms with Crippen LogP contribution in [0.1, 0.15) is 39.2 Å². The van der Waals surface area contributed by atoms with Gasteiger partial charge in [0.25, 0.3) is 0 Å². The maximum atomic E-state index is 14.1. The predicted octanol–water partition coefficient (Wildman–Crippen LogP) is 2.17. The predicted molar refractivity (Wildman–Crippen MR) is 112 cm³/mol. The van der Waals surface area contributed by atoms with E-state index in [1.165, 1.54) is 4.90 Å². The van der Waals surface area contributed by atoms with Gasteiger partial charge >= 0.3 is 5.97 Å². The lowest BCUT2D eigenvalue weighted by molar-refractivity contribution is -0.142. The van der Waals surface area contributed by atoms with Crippen molar-refractivity contribution >= 4 is 17.7 Å². The molecule has 1 aromatic rings. The number of para-hydroxylation sites is 1. The minimum absolute atomic E-state index is 0.0260. The number of nitrogens with two attached hydrogens (primary N) is 1. The van der Waals surface area contributed by atoms with Crippen molar-refractivity contribution in [2.45, 2.75) is 39.0 Å². The van der Waals surface area contributed by atoms with E-state index in [2.05, 4.69) is 5.92 Å². The molecule has 160 valence electrons. The number of nitrogens with zero attached hydrogens (tertiary/aromatic N) is 1. The van der Waals surface area contributed by atoms with Crippen LogP contribution in [-0.2, 0) is 24.5 Å². The summed E-state index contributed by atoms with van der Waals surface area (Å²) in [5, 5.41) is 0. The second-order valence-electron chi connectivity index (χ2n) is 8.67. The van der Waals surface area contributed by atoms with Crippen molar-refractivity contribution < 1.29 is 23.9 Å². The molecular weight excluding hydrogens is 396 g/mol. The lowest BCUT2D eigenvalue weighted by Crippen LogP contribution is -2.49. The number of ketones is 1. The Morgan fingerprint density at radius 1 is 1.29 bits per heavy atom. The van der Waals surface area contributed by atoms with Gasteiger partial charge in [0.2, 0.25) is 11.8 Å². The normalized spacial score (nSPS) is 24.0. The summed E-state index contributed by atoms with van der Waals surface area (Å²) >= 11 is 0. The number of carbonyl (C=O) groups excluding carboxylic acids is 3. The van der Waals surface area contributed by atoms with Gasteiger partial charge in [-0.1, -0.05) is 38.0 Å². The molecule has 0 aromatic heterocycles. The molecule has 7 nitrogen and oxygen atoms in total. The molecule has 0 bridgehead atoms. The number of rotatable bonds is 3. The highest BCUT2D eigenvalue weighted by molar-refractivity contribution is 6.19. The lowest BCUT2D eigenvalue weighted by atomic mass is 9.63. The molecular formula is C24H24N2O5. The molecule has 1 unspecified atom stereocenters. The molecule has 1 aliphatic carbocycles. The fraction of sp³-hybridized carbons (Fsp3) is 0.375. The van der Waals surface area contributed by atoms with E-state index >= 15 is 0 Å². The van der Waals surface area contributed by atoms with Crippen LogP contribution in [0.4, 0.5) is 0 Å². The number of carbonyl (C=O) groups is 3. The first-order valence-corrected chi connectivity index (χ1v) is 10.2. The van der Waals surface area contributed by atoms with Crippen molar-refractivity contribution in [1.82, 2.24) is 4.90 Å². The van der Waals surface area contributed by atoms with Gasteiger partial charge in [-0.15, -0.1) is 6.42 Å². The van der Waals surface area contributed by atoms with Gasteiger partial charge < -0.3 is 20.1 Å². The first-order chi connectivity index (χ1) is 14.7. The molecule has 2 aliphatic heterocycles. The van der Waals surface area contributed by atoms with Crippen LogP contribution in [0.5, 0.6) is 5.75 Å². The molecule has 1 atom stereocenters. The zero-order chi connectivity index (χ0) is 22.6. The van der Waals surface area contributed by atoms with Crippen LogP contribution in [0.15, 0.2) is 47.0 Å². The van der Waals surface area contributed by atoms with E-state index in [-0.39, 0.29) is 47.8 Å². The van der Waals surface area contributed by atoms with Gasteiger partial charge in [0.05, 0.1) is 13.2 Å². The summed E-state index contributed by atoms with van der Waals surface area (Å²) < 4.78 is 11.0. The van der Waals surface area contributed by atoms with Crippen LogP contribution in [0, 0.1) is 17.8 Å². The van der Waals surface area contributed by atoms with Gasteiger partial charge in [-0.05, 0) is 24.8 Å². The molecule has 2 heterocycles. The number of fused-ring (bicyclic) bond motifs is 3. The Morgan fingerprint density at radius 2 is 2.00 bits per heavy atom. The molecule has 2 N–H and O–H groups in total. The minimum Gasteiger partial charge on any atom is -0.462 e. The second-order valence-corrected chi connectivity index (χ2v) is 8.67. The van der Waals surface area contributed by atoms with E-state index < -0.39 is 17.3 Å². The topological polar surface area (TPSA) is 98.9 Å². The summed E-state index contributed by atoms with van der Waals surface area (Å²) in [6.07, 6.45) is 6.26. The fourth-order valence-corrected chi connectivity index (χ4v) is 4.93. The van der Waals surface area contributed by atoms with Gasteiger partial charge in [-0.25, -0.2) is 4.79 Å². The minimum atomic E-state index is -1.75. The largest absolute Gasteiger partial charge is 0.462 e. The highest BCUT2D eigenvalue weighted by atomic mass is 16.5. The quantitative estimate of drug-likeness (QED) is 0.594. The number of hydrogen-bond acceptors (Lipinski definition) is 6. The first-order valence-electron chi connectivity index (χ1n) is 10.2. The molecule has 0 radical (unpaired) electrons. The number of esters is 1. The third-order valence-electron chi connectivity index (χ3n) is 5.98. The maximum Gasteiger partial charge on any atom is 0.341 e. The molecule has 7 heteroatoms. The molecule has 0 saturated heterocycles. The smallest absolute Gasteiger partial charge is 0.341 e. The Hall–Kier alpha value is -3.53. The van der Waals surface area contributed by atoms with Gasteiger partial charge in [0.15, 0.2) is 5.78 Å². The monoisotopic (exact) mass is 420 g/mol. The summed E-state index contributed by atoms with van der Waals surface area (Å²) in [6.45, 7) is 5.63. The third kappa shape index (κ3) is 2.78. The van der Waals surface area contributed by atoms with Crippen LogP contribution < -0.4 is 10.5 Å². The van der Waals surface area contributed by atoms with Crippen molar-refractivity contribution in [3.63, 3.8) is 0 Å². The summed E-state index contributed by atoms with van der Waals surface area (Å²) in [6, 6.07) is 6.79. The average Bonchev–Trinajstić information content (AvgIpc) is 2.91. The molecule has 1 aromatic carbocycles. The number of hydrogen-bond donors (Lipinski definition) is 1. The van der Waals surface area contributed by atoms with Crippen LogP contribution in [0.3, 0.4) is 0 Å². The molecule has 1 spiro atoms. The summed E-state index contributed by atoms with van der Waals surface area (Å²) in [5.74, 6) is 1.07. The number of benzene rings is 1. The van der Waals surface area contributed by atoms with E-state index in [1.54, 1.807) is 31.2 Å². The summed E-state index contributed by atoms with van der Waals surface area (Å²) in [4.78, 5) is 42.2. The van der Waals surface area contributed by atoms with Crippen molar-refractivity contribution in [1.29, 1.82) is 0 Å². The molecule has 1 amide bonds.